The number of methoxy groups -OCH3 is 1. The van der Waals surface area contributed by atoms with Gasteiger partial charge in [-0.2, -0.15) is 0 Å². The van der Waals surface area contributed by atoms with Crippen LogP contribution < -0.4 is 19.5 Å². The molecule has 3 aliphatic heterocycles. The number of fused-ring (bicyclic) bond motifs is 2. The molecule has 1 amide bonds. The van der Waals surface area contributed by atoms with Gasteiger partial charge < -0.3 is 19.5 Å². The quantitative estimate of drug-likeness (QED) is 0.915. The van der Waals surface area contributed by atoms with Crippen molar-refractivity contribution in [1.29, 1.82) is 0 Å². The lowest BCUT2D eigenvalue weighted by Gasteiger charge is -2.32. The number of hydrogen-bond acceptors (Lipinski definition) is 5. The van der Waals surface area contributed by atoms with Crippen LogP contribution in [0.25, 0.3) is 0 Å². The number of carbonyl (C=O) groups is 1. The van der Waals surface area contributed by atoms with Crippen molar-refractivity contribution < 1.29 is 19.0 Å². The van der Waals surface area contributed by atoms with Crippen molar-refractivity contribution in [3.8, 4) is 17.2 Å². The van der Waals surface area contributed by atoms with Crippen LogP contribution in [0.5, 0.6) is 17.2 Å². The summed E-state index contributed by atoms with van der Waals surface area (Å²) in [6.45, 7) is 3.23. The van der Waals surface area contributed by atoms with E-state index in [1.807, 2.05) is 0 Å². The van der Waals surface area contributed by atoms with E-state index in [1.165, 1.54) is 19.3 Å². The van der Waals surface area contributed by atoms with Gasteiger partial charge in [-0.15, -0.1) is 0 Å². The lowest BCUT2D eigenvalue weighted by Crippen LogP contribution is -2.46. The number of rotatable bonds is 3. The fourth-order valence-corrected chi connectivity index (χ4v) is 4.07. The van der Waals surface area contributed by atoms with E-state index in [2.05, 4.69) is 10.2 Å². The molecule has 6 nitrogen and oxygen atoms in total. The van der Waals surface area contributed by atoms with Crippen molar-refractivity contribution in [3.63, 3.8) is 0 Å². The first-order valence-electron chi connectivity index (χ1n) is 8.79. The Kier molecular flexibility index (Phi) is 4.22. The maximum absolute atomic E-state index is 12.7. The first-order valence-corrected chi connectivity index (χ1v) is 8.79. The van der Waals surface area contributed by atoms with Gasteiger partial charge in [-0.05, 0) is 37.9 Å². The molecule has 3 heterocycles. The Bertz CT molecular complexity index is 616. The molecule has 0 aromatic heterocycles. The van der Waals surface area contributed by atoms with Gasteiger partial charge in [0.2, 0.25) is 5.75 Å². The standard InChI is InChI=1S/C18H24N2O4/c1-22-15-10-12(11-16-17(15)24-9-8-23-16)18(21)19-13-5-7-20-6-3-2-4-14(13)20/h10-11,13-14H,2-9H2,1H3,(H,19,21)/t13-,14+/m0/s1. The summed E-state index contributed by atoms with van der Waals surface area (Å²) in [5.74, 6) is 1.64. The number of hydrogen-bond donors (Lipinski definition) is 1. The minimum Gasteiger partial charge on any atom is -0.493 e. The van der Waals surface area contributed by atoms with E-state index >= 15 is 0 Å². The predicted molar refractivity (Wildman–Crippen MR) is 89.1 cm³/mol. The van der Waals surface area contributed by atoms with Crippen LogP contribution in [0.2, 0.25) is 0 Å². The molecular weight excluding hydrogens is 308 g/mol. The summed E-state index contributed by atoms with van der Waals surface area (Å²) in [5, 5.41) is 3.22. The molecule has 130 valence electrons. The van der Waals surface area contributed by atoms with E-state index < -0.39 is 0 Å². The van der Waals surface area contributed by atoms with Crippen LogP contribution in [0, 0.1) is 0 Å². The third kappa shape index (κ3) is 2.79. The zero-order valence-electron chi connectivity index (χ0n) is 14.0. The minimum atomic E-state index is -0.0669. The van der Waals surface area contributed by atoms with Crippen molar-refractivity contribution in [2.24, 2.45) is 0 Å². The van der Waals surface area contributed by atoms with Crippen LogP contribution in [0.15, 0.2) is 12.1 Å². The van der Waals surface area contributed by atoms with Gasteiger partial charge in [-0.3, -0.25) is 9.69 Å². The third-order valence-corrected chi connectivity index (χ3v) is 5.26. The lowest BCUT2D eigenvalue weighted by atomic mass is 9.98. The molecule has 6 heteroatoms. The van der Waals surface area contributed by atoms with Crippen molar-refractivity contribution in [2.75, 3.05) is 33.4 Å². The van der Waals surface area contributed by atoms with Crippen LogP contribution in [0.3, 0.4) is 0 Å². The fraction of sp³-hybridized carbons (Fsp3) is 0.611. The monoisotopic (exact) mass is 332 g/mol. The molecule has 3 aliphatic rings. The van der Waals surface area contributed by atoms with Gasteiger partial charge in [0.25, 0.3) is 5.91 Å². The van der Waals surface area contributed by atoms with Gasteiger partial charge in [0.1, 0.15) is 13.2 Å². The minimum absolute atomic E-state index is 0.0669. The largest absolute Gasteiger partial charge is 0.493 e. The Morgan fingerprint density at radius 1 is 1.21 bits per heavy atom. The van der Waals surface area contributed by atoms with Crippen molar-refractivity contribution >= 4 is 5.91 Å². The van der Waals surface area contributed by atoms with E-state index in [1.54, 1.807) is 19.2 Å². The molecular formula is C18H24N2O4. The van der Waals surface area contributed by atoms with Crippen LogP contribution in [-0.4, -0.2) is 56.3 Å². The topological polar surface area (TPSA) is 60.0 Å². The highest BCUT2D eigenvalue weighted by molar-refractivity contribution is 5.96. The molecule has 2 saturated heterocycles. The molecule has 2 atom stereocenters. The van der Waals surface area contributed by atoms with Crippen molar-refractivity contribution in [3.05, 3.63) is 17.7 Å². The number of carbonyl (C=O) groups excluding carboxylic acids is 1. The molecule has 2 fully saturated rings. The van der Waals surface area contributed by atoms with Crippen molar-refractivity contribution in [2.45, 2.75) is 37.8 Å². The normalized spacial score (nSPS) is 25.9. The number of amides is 1. The Labute approximate surface area is 142 Å². The van der Waals surface area contributed by atoms with Gasteiger partial charge in [-0.1, -0.05) is 6.42 Å². The molecule has 0 radical (unpaired) electrons. The van der Waals surface area contributed by atoms with E-state index in [4.69, 9.17) is 14.2 Å². The van der Waals surface area contributed by atoms with Gasteiger partial charge >= 0.3 is 0 Å². The van der Waals surface area contributed by atoms with Gasteiger partial charge in [-0.25, -0.2) is 0 Å². The average Bonchev–Trinajstić information content (AvgIpc) is 3.03. The highest BCUT2D eigenvalue weighted by atomic mass is 16.6. The smallest absolute Gasteiger partial charge is 0.251 e. The van der Waals surface area contributed by atoms with Crippen LogP contribution >= 0.6 is 0 Å². The highest BCUT2D eigenvalue weighted by Gasteiger charge is 2.36. The molecule has 4 rings (SSSR count). The number of nitrogens with one attached hydrogen (secondary N) is 1. The number of piperidine rings is 1. The summed E-state index contributed by atoms with van der Waals surface area (Å²) < 4.78 is 16.6. The first kappa shape index (κ1) is 15.6. The Morgan fingerprint density at radius 3 is 2.96 bits per heavy atom. The average molecular weight is 332 g/mol. The lowest BCUT2D eigenvalue weighted by molar-refractivity contribution is 0.0913. The number of nitrogens with zero attached hydrogens (tertiary/aromatic N) is 1. The summed E-state index contributed by atoms with van der Waals surface area (Å²) in [7, 11) is 1.58. The van der Waals surface area contributed by atoms with E-state index in [0.29, 0.717) is 42.1 Å². The number of benzene rings is 1. The summed E-state index contributed by atoms with van der Waals surface area (Å²) >= 11 is 0. The summed E-state index contributed by atoms with van der Waals surface area (Å²) in [4.78, 5) is 15.3. The first-order chi connectivity index (χ1) is 11.8. The second kappa shape index (κ2) is 6.51. The van der Waals surface area contributed by atoms with Crippen LogP contribution in [0.4, 0.5) is 0 Å². The molecule has 0 saturated carbocycles. The van der Waals surface area contributed by atoms with E-state index in [0.717, 1.165) is 19.5 Å². The summed E-state index contributed by atoms with van der Waals surface area (Å²) in [6, 6.07) is 4.20. The molecule has 1 N–H and O–H groups in total. The fourth-order valence-electron chi connectivity index (χ4n) is 4.07. The van der Waals surface area contributed by atoms with E-state index in [-0.39, 0.29) is 11.9 Å². The maximum atomic E-state index is 12.7. The van der Waals surface area contributed by atoms with Gasteiger partial charge in [0.15, 0.2) is 11.5 Å². The molecule has 0 unspecified atom stereocenters. The molecule has 0 bridgehead atoms. The molecule has 1 aromatic rings. The molecule has 0 aliphatic carbocycles. The predicted octanol–water partition coefficient (Wildman–Crippen LogP) is 1.82. The zero-order chi connectivity index (χ0) is 16.5. The number of ether oxygens (including phenoxy) is 3. The molecule has 0 spiro atoms. The SMILES string of the molecule is COc1cc(C(=O)N[C@H]2CCN3CCCC[C@H]23)cc2c1OCCO2. The molecule has 1 aromatic carbocycles. The van der Waals surface area contributed by atoms with E-state index in [9.17, 15) is 4.79 Å². The highest BCUT2D eigenvalue weighted by Crippen LogP contribution is 2.40. The Hall–Kier alpha value is -1.95. The summed E-state index contributed by atoms with van der Waals surface area (Å²) in [5.41, 5.74) is 0.561. The van der Waals surface area contributed by atoms with Gasteiger partial charge in [0, 0.05) is 24.2 Å². The summed E-state index contributed by atoms with van der Waals surface area (Å²) in [6.07, 6.45) is 4.73. The van der Waals surface area contributed by atoms with Crippen LogP contribution in [-0.2, 0) is 0 Å². The maximum Gasteiger partial charge on any atom is 0.251 e. The molecule has 24 heavy (non-hydrogen) atoms. The second-order valence-electron chi connectivity index (χ2n) is 6.67. The Morgan fingerprint density at radius 2 is 2.08 bits per heavy atom. The third-order valence-electron chi connectivity index (χ3n) is 5.26. The van der Waals surface area contributed by atoms with Crippen molar-refractivity contribution in [1.82, 2.24) is 10.2 Å². The second-order valence-corrected chi connectivity index (χ2v) is 6.67. The zero-order valence-corrected chi connectivity index (χ0v) is 14.0. The van der Waals surface area contributed by atoms with Gasteiger partial charge in [0.05, 0.1) is 7.11 Å². The Balaban J connectivity index is 1.52. The van der Waals surface area contributed by atoms with Crippen LogP contribution in [0.1, 0.15) is 36.0 Å².